The molecule has 9 heteroatoms. The molecular formula is C15H14N2O7. The summed E-state index contributed by atoms with van der Waals surface area (Å²) in [6, 6.07) is 8.77. The maximum absolute atomic E-state index is 12.0. The topological polar surface area (TPSA) is 121 Å². The first kappa shape index (κ1) is 17.0. The lowest BCUT2D eigenvalue weighted by Crippen LogP contribution is -2.29. The van der Waals surface area contributed by atoms with Crippen LogP contribution in [0.5, 0.6) is 5.75 Å². The van der Waals surface area contributed by atoms with Crippen molar-refractivity contribution >= 4 is 23.4 Å². The van der Waals surface area contributed by atoms with Crippen molar-refractivity contribution in [3.63, 3.8) is 0 Å². The van der Waals surface area contributed by atoms with Gasteiger partial charge in [0, 0.05) is 11.8 Å². The number of methoxy groups -OCH3 is 1. The molecule has 0 spiro atoms. The molecule has 2 rings (SSSR count). The van der Waals surface area contributed by atoms with Crippen molar-refractivity contribution in [3.05, 3.63) is 52.3 Å². The van der Waals surface area contributed by atoms with Crippen LogP contribution in [-0.2, 0) is 9.53 Å². The van der Waals surface area contributed by atoms with E-state index in [1.165, 1.54) is 14.0 Å². The molecule has 1 atom stereocenters. The standard InChI is InChI=1S/C15H14N2O7/c1-9(14(18)16-10-4-3-5-11(8-10)22-2)23-15(19)12-6-7-13(24-12)17(20)21/h3-9H,1-2H3,(H,16,18)/t9-/m1/s1. The van der Waals surface area contributed by atoms with E-state index < -0.39 is 28.8 Å². The number of hydrogen-bond donors (Lipinski definition) is 1. The van der Waals surface area contributed by atoms with Crippen molar-refractivity contribution in [2.24, 2.45) is 0 Å². The smallest absolute Gasteiger partial charge is 0.433 e. The van der Waals surface area contributed by atoms with E-state index in [0.717, 1.165) is 12.1 Å². The first-order chi connectivity index (χ1) is 11.4. The highest BCUT2D eigenvalue weighted by Gasteiger charge is 2.23. The third-order valence-corrected chi connectivity index (χ3v) is 2.96. The number of nitrogens with zero attached hydrogens (tertiary/aromatic N) is 1. The molecule has 1 N–H and O–H groups in total. The van der Waals surface area contributed by atoms with Crippen LogP contribution in [0.15, 0.2) is 40.8 Å². The Balaban J connectivity index is 1.97. The molecule has 9 nitrogen and oxygen atoms in total. The minimum absolute atomic E-state index is 0.359. The maximum atomic E-state index is 12.0. The second-order valence-corrected chi connectivity index (χ2v) is 4.66. The summed E-state index contributed by atoms with van der Waals surface area (Å²) in [4.78, 5) is 33.6. The van der Waals surface area contributed by atoms with Crippen molar-refractivity contribution < 1.29 is 28.4 Å². The SMILES string of the molecule is COc1cccc(NC(=O)[C@@H](C)OC(=O)c2ccc([N+](=O)[O-])o2)c1. The lowest BCUT2D eigenvalue weighted by atomic mass is 10.3. The number of furan rings is 1. The zero-order valence-corrected chi connectivity index (χ0v) is 12.8. The third-order valence-electron chi connectivity index (χ3n) is 2.96. The highest BCUT2D eigenvalue weighted by atomic mass is 16.7. The number of nitro groups is 1. The number of carbonyl (C=O) groups excluding carboxylic acids is 2. The van der Waals surface area contributed by atoms with Gasteiger partial charge in [0.1, 0.15) is 10.7 Å². The van der Waals surface area contributed by atoms with Crippen LogP contribution in [0.1, 0.15) is 17.5 Å². The molecule has 24 heavy (non-hydrogen) atoms. The van der Waals surface area contributed by atoms with E-state index >= 15 is 0 Å². The van der Waals surface area contributed by atoms with Gasteiger partial charge in [0.25, 0.3) is 5.91 Å². The van der Waals surface area contributed by atoms with Gasteiger partial charge in [0.15, 0.2) is 6.10 Å². The van der Waals surface area contributed by atoms with E-state index in [-0.39, 0.29) is 5.76 Å². The molecule has 1 aromatic heterocycles. The second-order valence-electron chi connectivity index (χ2n) is 4.66. The van der Waals surface area contributed by atoms with Crippen LogP contribution < -0.4 is 10.1 Å². The largest absolute Gasteiger partial charge is 0.497 e. The van der Waals surface area contributed by atoms with E-state index in [4.69, 9.17) is 13.9 Å². The lowest BCUT2D eigenvalue weighted by Gasteiger charge is -2.13. The third kappa shape index (κ3) is 4.09. The maximum Gasteiger partial charge on any atom is 0.433 e. The van der Waals surface area contributed by atoms with E-state index in [1.54, 1.807) is 24.3 Å². The van der Waals surface area contributed by atoms with Crippen molar-refractivity contribution in [2.75, 3.05) is 12.4 Å². The fourth-order valence-corrected chi connectivity index (χ4v) is 1.75. The van der Waals surface area contributed by atoms with Crippen molar-refractivity contribution in [2.45, 2.75) is 13.0 Å². The molecule has 1 aromatic carbocycles. The zero-order chi connectivity index (χ0) is 17.7. The molecule has 126 valence electrons. The number of hydrogen-bond acceptors (Lipinski definition) is 7. The Morgan fingerprint density at radius 1 is 1.29 bits per heavy atom. The fraction of sp³-hybridized carbons (Fsp3) is 0.200. The molecule has 0 fully saturated rings. The Labute approximate surface area is 136 Å². The summed E-state index contributed by atoms with van der Waals surface area (Å²) in [5, 5.41) is 13.1. The van der Waals surface area contributed by atoms with E-state index in [9.17, 15) is 19.7 Å². The van der Waals surface area contributed by atoms with Gasteiger partial charge in [-0.25, -0.2) is 4.79 Å². The summed E-state index contributed by atoms with van der Waals surface area (Å²) in [5.74, 6) is -1.94. The first-order valence-corrected chi connectivity index (χ1v) is 6.81. The highest BCUT2D eigenvalue weighted by Crippen LogP contribution is 2.18. The first-order valence-electron chi connectivity index (χ1n) is 6.81. The van der Waals surface area contributed by atoms with Gasteiger partial charge in [-0.1, -0.05) is 6.07 Å². The molecule has 0 bridgehead atoms. The number of ether oxygens (including phenoxy) is 2. The lowest BCUT2D eigenvalue weighted by molar-refractivity contribution is -0.402. The molecule has 0 unspecified atom stereocenters. The molecule has 0 saturated heterocycles. The molecule has 0 radical (unpaired) electrons. The quantitative estimate of drug-likeness (QED) is 0.489. The van der Waals surface area contributed by atoms with Gasteiger partial charge >= 0.3 is 11.9 Å². The normalized spacial score (nSPS) is 11.4. The molecular weight excluding hydrogens is 320 g/mol. The van der Waals surface area contributed by atoms with Gasteiger partial charge in [-0.3, -0.25) is 14.9 Å². The highest BCUT2D eigenvalue weighted by molar-refractivity contribution is 5.96. The average molecular weight is 334 g/mol. The Bertz CT molecular complexity index is 769. The van der Waals surface area contributed by atoms with Crippen LogP contribution in [0.2, 0.25) is 0 Å². The van der Waals surface area contributed by atoms with Gasteiger partial charge in [-0.15, -0.1) is 0 Å². The summed E-state index contributed by atoms with van der Waals surface area (Å²) in [5.41, 5.74) is 0.468. The van der Waals surface area contributed by atoms with Crippen molar-refractivity contribution in [1.29, 1.82) is 0 Å². The van der Waals surface area contributed by atoms with Crippen molar-refractivity contribution in [1.82, 2.24) is 0 Å². The summed E-state index contributed by atoms with van der Waals surface area (Å²) in [7, 11) is 1.49. The number of amides is 1. The Morgan fingerprint density at radius 2 is 2.04 bits per heavy atom. The molecule has 2 aromatic rings. The minimum atomic E-state index is -1.13. The van der Waals surface area contributed by atoms with Crippen LogP contribution in [0, 0.1) is 10.1 Å². The van der Waals surface area contributed by atoms with Gasteiger partial charge in [0.2, 0.25) is 5.76 Å². The number of anilines is 1. The van der Waals surface area contributed by atoms with Gasteiger partial charge in [-0.2, -0.15) is 0 Å². The summed E-state index contributed by atoms with van der Waals surface area (Å²) in [6.07, 6.45) is -1.13. The minimum Gasteiger partial charge on any atom is -0.497 e. The van der Waals surface area contributed by atoms with E-state index in [1.807, 2.05) is 0 Å². The summed E-state index contributed by atoms with van der Waals surface area (Å²) in [6.45, 7) is 1.37. The van der Waals surface area contributed by atoms with Crippen LogP contribution in [-0.4, -0.2) is 30.0 Å². The number of esters is 1. The van der Waals surface area contributed by atoms with Crippen LogP contribution >= 0.6 is 0 Å². The zero-order valence-electron chi connectivity index (χ0n) is 12.8. The molecule has 0 aliphatic rings. The molecule has 0 aliphatic carbocycles. The molecule has 1 amide bonds. The monoisotopic (exact) mass is 334 g/mol. The summed E-state index contributed by atoms with van der Waals surface area (Å²) < 4.78 is 14.7. The Kier molecular flexibility index (Phi) is 5.15. The number of carbonyl (C=O) groups is 2. The van der Waals surface area contributed by atoms with Gasteiger partial charge in [0.05, 0.1) is 13.2 Å². The van der Waals surface area contributed by atoms with Gasteiger partial charge < -0.3 is 19.2 Å². The Morgan fingerprint density at radius 3 is 2.67 bits per heavy atom. The van der Waals surface area contributed by atoms with E-state index in [2.05, 4.69) is 5.32 Å². The number of benzene rings is 1. The number of rotatable bonds is 6. The van der Waals surface area contributed by atoms with Crippen molar-refractivity contribution in [3.8, 4) is 5.75 Å². The van der Waals surface area contributed by atoms with E-state index in [0.29, 0.717) is 11.4 Å². The fourth-order valence-electron chi connectivity index (χ4n) is 1.75. The van der Waals surface area contributed by atoms with Crippen LogP contribution in [0.4, 0.5) is 11.6 Å². The van der Waals surface area contributed by atoms with Crippen LogP contribution in [0.25, 0.3) is 0 Å². The summed E-state index contributed by atoms with van der Waals surface area (Å²) >= 11 is 0. The second kappa shape index (κ2) is 7.27. The predicted octanol–water partition coefficient (Wildman–Crippen LogP) is 2.38. The molecule has 0 aliphatic heterocycles. The number of nitrogens with one attached hydrogen (secondary N) is 1. The molecule has 1 heterocycles. The van der Waals surface area contributed by atoms with Gasteiger partial charge in [-0.05, 0) is 25.1 Å². The average Bonchev–Trinajstić information content (AvgIpc) is 3.05. The molecule has 0 saturated carbocycles. The Hall–Kier alpha value is -3.36. The van der Waals surface area contributed by atoms with Crippen LogP contribution in [0.3, 0.4) is 0 Å². The predicted molar refractivity (Wildman–Crippen MR) is 81.9 cm³/mol.